The van der Waals surface area contributed by atoms with E-state index < -0.39 is 23.6 Å². The lowest BCUT2D eigenvalue weighted by molar-refractivity contribution is -0.119. The van der Waals surface area contributed by atoms with Gasteiger partial charge in [0.15, 0.2) is 11.5 Å². The van der Waals surface area contributed by atoms with Crippen LogP contribution in [0.5, 0.6) is 0 Å². The molecule has 2 amide bonds. The molecule has 0 fully saturated rings. The largest absolute Gasteiger partial charge is 0.368 e. The second-order valence-electron chi connectivity index (χ2n) is 6.87. The maximum absolute atomic E-state index is 11.6. The number of nitrogens with zero attached hydrogens (tertiary/aromatic N) is 4. The fourth-order valence-corrected chi connectivity index (χ4v) is 2.66. The minimum absolute atomic E-state index is 0.151. The number of aryl methyl sites for hydroxylation is 1. The van der Waals surface area contributed by atoms with Gasteiger partial charge in [-0.15, -0.1) is 0 Å². The molecule has 1 aromatic carbocycles. The van der Waals surface area contributed by atoms with Crippen LogP contribution in [0.2, 0.25) is 0 Å². The van der Waals surface area contributed by atoms with Gasteiger partial charge in [0.2, 0.25) is 11.9 Å². The topological polar surface area (TPSA) is 191 Å². The number of anilines is 1. The van der Waals surface area contributed by atoms with Gasteiger partial charge in [-0.2, -0.15) is 10.1 Å². The minimum atomic E-state index is -1.00. The first-order valence-corrected chi connectivity index (χ1v) is 8.87. The molecule has 1 atom stereocenters. The van der Waals surface area contributed by atoms with Crippen LogP contribution in [0.25, 0.3) is 10.9 Å². The Morgan fingerprint density at radius 3 is 2.55 bits per heavy atom. The van der Waals surface area contributed by atoms with Crippen LogP contribution in [0.15, 0.2) is 34.4 Å². The molecule has 1 heterocycles. The molecule has 0 saturated carbocycles. The average Bonchev–Trinajstić information content (AvgIpc) is 3.01. The number of primary amides is 2. The number of amidine groups is 1. The molecule has 0 aliphatic rings. The Balaban J connectivity index is 2.44. The number of nitrogens with two attached hydrogens (primary N) is 3. The number of rotatable bonds is 7. The van der Waals surface area contributed by atoms with Crippen molar-refractivity contribution >= 4 is 45.9 Å². The Labute approximate surface area is 167 Å². The van der Waals surface area contributed by atoms with Gasteiger partial charge in [0.05, 0.1) is 17.4 Å². The summed E-state index contributed by atoms with van der Waals surface area (Å²) in [4.78, 5) is 31.2. The van der Waals surface area contributed by atoms with E-state index in [0.717, 1.165) is 10.9 Å². The third kappa shape index (κ3) is 5.37. The van der Waals surface area contributed by atoms with E-state index in [4.69, 9.17) is 22.6 Å². The lowest BCUT2D eigenvalue weighted by Crippen LogP contribution is -2.36. The van der Waals surface area contributed by atoms with Crippen LogP contribution >= 0.6 is 0 Å². The summed E-state index contributed by atoms with van der Waals surface area (Å²) in [6.45, 7) is 3.82. The van der Waals surface area contributed by atoms with Crippen molar-refractivity contribution in [3.8, 4) is 0 Å². The van der Waals surface area contributed by atoms with Crippen LogP contribution in [0.1, 0.15) is 20.3 Å². The highest BCUT2D eigenvalue weighted by Crippen LogP contribution is 2.22. The summed E-state index contributed by atoms with van der Waals surface area (Å²) in [5, 5.41) is 15.8. The van der Waals surface area contributed by atoms with Gasteiger partial charge in [-0.3, -0.25) is 19.7 Å². The van der Waals surface area contributed by atoms with Crippen LogP contribution in [-0.2, 0) is 16.6 Å². The molecule has 2 aromatic rings. The number of nitrogens with one attached hydrogen (secondary N) is 2. The molecular weight excluding hydrogens is 374 g/mol. The van der Waals surface area contributed by atoms with Crippen LogP contribution in [0.4, 0.5) is 5.69 Å². The molecule has 11 heteroatoms. The summed E-state index contributed by atoms with van der Waals surface area (Å²) in [7, 11) is 1.79. The van der Waals surface area contributed by atoms with Gasteiger partial charge in [-0.05, 0) is 24.5 Å². The number of carbonyl (C=O) groups is 2. The van der Waals surface area contributed by atoms with Crippen molar-refractivity contribution in [2.75, 3.05) is 5.32 Å². The first-order chi connectivity index (χ1) is 13.6. The van der Waals surface area contributed by atoms with Crippen molar-refractivity contribution in [3.05, 3.63) is 24.4 Å². The molecule has 0 bridgehead atoms. The zero-order valence-corrected chi connectivity index (χ0v) is 16.5. The summed E-state index contributed by atoms with van der Waals surface area (Å²) in [5.74, 6) is -2.01. The molecule has 29 heavy (non-hydrogen) atoms. The van der Waals surface area contributed by atoms with Gasteiger partial charge in [0.25, 0.3) is 5.91 Å². The summed E-state index contributed by atoms with van der Waals surface area (Å²) >= 11 is 0. The van der Waals surface area contributed by atoms with Crippen molar-refractivity contribution in [2.45, 2.75) is 26.3 Å². The van der Waals surface area contributed by atoms with E-state index in [1.807, 2.05) is 19.9 Å². The molecule has 154 valence electrons. The van der Waals surface area contributed by atoms with Crippen LogP contribution < -0.4 is 22.5 Å². The molecule has 0 aliphatic carbocycles. The lowest BCUT2D eigenvalue weighted by atomic mass is 10.0. The molecule has 0 aliphatic heterocycles. The molecule has 0 spiro atoms. The SMILES string of the molecule is CC(C)C[C@@H](N=C(N)N=C(Nc1cccc2c1cnn2C)C(=N)C(N)=O)C(N)=O. The number of aromatic nitrogens is 2. The second-order valence-corrected chi connectivity index (χ2v) is 6.87. The molecule has 0 saturated heterocycles. The van der Waals surface area contributed by atoms with Gasteiger partial charge in [-0.25, -0.2) is 4.99 Å². The highest BCUT2D eigenvalue weighted by atomic mass is 16.1. The highest BCUT2D eigenvalue weighted by Gasteiger charge is 2.19. The second kappa shape index (κ2) is 8.95. The summed E-state index contributed by atoms with van der Waals surface area (Å²) in [6.07, 6.45) is 2.02. The van der Waals surface area contributed by atoms with Crippen LogP contribution in [0.3, 0.4) is 0 Å². The van der Waals surface area contributed by atoms with E-state index in [0.29, 0.717) is 12.1 Å². The van der Waals surface area contributed by atoms with Crippen molar-refractivity contribution in [3.63, 3.8) is 0 Å². The van der Waals surface area contributed by atoms with Crippen molar-refractivity contribution in [1.82, 2.24) is 9.78 Å². The number of benzene rings is 1. The van der Waals surface area contributed by atoms with Gasteiger partial charge >= 0.3 is 0 Å². The Morgan fingerprint density at radius 1 is 1.28 bits per heavy atom. The third-order valence-electron chi connectivity index (χ3n) is 4.07. The Bertz CT molecular complexity index is 1000. The number of hydrogen-bond acceptors (Lipinski definition) is 5. The van der Waals surface area contributed by atoms with Crippen LogP contribution in [-0.4, -0.2) is 45.1 Å². The van der Waals surface area contributed by atoms with Crippen LogP contribution in [0, 0.1) is 11.3 Å². The van der Waals surface area contributed by atoms with E-state index in [1.165, 1.54) is 0 Å². The fraction of sp³-hybridized carbons (Fsp3) is 0.333. The first kappa shape index (κ1) is 21.5. The van der Waals surface area contributed by atoms with E-state index in [-0.39, 0.29) is 17.7 Å². The number of amides is 2. The average molecular weight is 399 g/mol. The molecule has 8 N–H and O–H groups in total. The standard InChI is InChI=1S/C18H25N9O2/c1-9(2)7-12(15(20)28)25-18(22)26-17(14(19)16(21)29)24-11-5-4-6-13-10(11)8-23-27(13)3/h4-6,8-9,12,19H,7H2,1-3H3,(H2,20,28)(H2,21,29)(H3,22,24,25,26)/t12-/m1/s1. The van der Waals surface area contributed by atoms with E-state index >= 15 is 0 Å². The predicted octanol–water partition coefficient (Wildman–Crippen LogP) is 0.103. The summed E-state index contributed by atoms with van der Waals surface area (Å²) < 4.78 is 1.68. The first-order valence-electron chi connectivity index (χ1n) is 8.87. The zero-order chi connectivity index (χ0) is 21.7. The van der Waals surface area contributed by atoms with Gasteiger partial charge < -0.3 is 22.5 Å². The minimum Gasteiger partial charge on any atom is -0.368 e. The number of hydrogen-bond donors (Lipinski definition) is 5. The zero-order valence-electron chi connectivity index (χ0n) is 16.5. The fourth-order valence-electron chi connectivity index (χ4n) is 2.66. The van der Waals surface area contributed by atoms with Crippen molar-refractivity contribution < 1.29 is 9.59 Å². The molecule has 1 aromatic heterocycles. The Hall–Kier alpha value is -3.76. The quantitative estimate of drug-likeness (QED) is 0.325. The van der Waals surface area contributed by atoms with Gasteiger partial charge in [-0.1, -0.05) is 19.9 Å². The number of carbonyl (C=O) groups excluding carboxylic acids is 2. The molecule has 0 radical (unpaired) electrons. The van der Waals surface area contributed by atoms with Gasteiger partial charge in [0.1, 0.15) is 6.04 Å². The van der Waals surface area contributed by atoms with Crippen molar-refractivity contribution in [2.24, 2.45) is 40.2 Å². The highest BCUT2D eigenvalue weighted by molar-refractivity contribution is 6.68. The summed E-state index contributed by atoms with van der Waals surface area (Å²) in [6, 6.07) is 4.50. The number of aliphatic imine (C=N–C) groups is 2. The predicted molar refractivity (Wildman–Crippen MR) is 113 cm³/mol. The maximum Gasteiger partial charge on any atom is 0.270 e. The number of guanidine groups is 1. The molecule has 2 rings (SSSR count). The Kier molecular flexibility index (Phi) is 6.65. The van der Waals surface area contributed by atoms with Crippen molar-refractivity contribution in [1.29, 1.82) is 5.41 Å². The molecule has 0 unspecified atom stereocenters. The normalized spacial score (nSPS) is 13.5. The lowest BCUT2D eigenvalue weighted by Gasteiger charge is -2.13. The van der Waals surface area contributed by atoms with E-state index in [1.54, 1.807) is 30.1 Å². The van der Waals surface area contributed by atoms with E-state index in [2.05, 4.69) is 20.4 Å². The third-order valence-corrected chi connectivity index (χ3v) is 4.07. The van der Waals surface area contributed by atoms with E-state index in [9.17, 15) is 9.59 Å². The number of fused-ring (bicyclic) bond motifs is 1. The maximum atomic E-state index is 11.6. The summed E-state index contributed by atoms with van der Waals surface area (Å²) in [5.41, 5.74) is 17.2. The molecular formula is C18H25N9O2. The molecule has 11 nitrogen and oxygen atoms in total. The smallest absolute Gasteiger partial charge is 0.270 e. The monoisotopic (exact) mass is 399 g/mol. The van der Waals surface area contributed by atoms with Gasteiger partial charge in [0, 0.05) is 12.4 Å². The Morgan fingerprint density at radius 2 is 1.97 bits per heavy atom.